The van der Waals surface area contributed by atoms with Crippen LogP contribution in [0.5, 0.6) is 5.75 Å². The summed E-state index contributed by atoms with van der Waals surface area (Å²) in [6.45, 7) is 9.73. The number of amides is 2. The molecule has 0 radical (unpaired) electrons. The van der Waals surface area contributed by atoms with E-state index < -0.39 is 17.7 Å². The van der Waals surface area contributed by atoms with Crippen LogP contribution < -0.4 is 15.8 Å². The van der Waals surface area contributed by atoms with Crippen LogP contribution in [0.2, 0.25) is 0 Å². The smallest absolute Gasteiger partial charge is 0.410 e. The van der Waals surface area contributed by atoms with Crippen molar-refractivity contribution in [1.82, 2.24) is 20.2 Å². The van der Waals surface area contributed by atoms with Gasteiger partial charge in [0.2, 0.25) is 5.91 Å². The molecular formula is C30H45N7O5. The van der Waals surface area contributed by atoms with Crippen LogP contribution in [0.15, 0.2) is 28.3 Å². The number of amidine groups is 1. The zero-order valence-electron chi connectivity index (χ0n) is 25.5. The highest BCUT2D eigenvalue weighted by Gasteiger charge is 2.34. The minimum absolute atomic E-state index is 0.183. The van der Waals surface area contributed by atoms with Gasteiger partial charge >= 0.3 is 6.09 Å². The van der Waals surface area contributed by atoms with E-state index in [2.05, 4.69) is 25.3 Å². The lowest BCUT2D eigenvalue weighted by atomic mass is 10.0. The number of nitrogens with zero attached hydrogens (tertiary/aromatic N) is 5. The first-order chi connectivity index (χ1) is 20.1. The van der Waals surface area contributed by atoms with E-state index in [0.29, 0.717) is 80.6 Å². The lowest BCUT2D eigenvalue weighted by Gasteiger charge is -2.35. The van der Waals surface area contributed by atoms with Crippen LogP contribution in [0, 0.1) is 0 Å². The topological polar surface area (TPSA) is 154 Å². The Hall–Kier alpha value is -3.80. The zero-order chi connectivity index (χ0) is 30.5. The third-order valence-electron chi connectivity index (χ3n) is 6.46. The molecule has 12 nitrogen and oxygen atoms in total. The average Bonchev–Trinajstić information content (AvgIpc) is 2.95. The molecule has 2 heterocycles. The highest BCUT2D eigenvalue weighted by atomic mass is 16.6. The van der Waals surface area contributed by atoms with Crippen LogP contribution >= 0.6 is 0 Å². The predicted molar refractivity (Wildman–Crippen MR) is 164 cm³/mol. The molecule has 1 unspecified atom stereocenters. The van der Waals surface area contributed by atoms with E-state index in [1.165, 1.54) is 11.1 Å². The Bertz CT molecular complexity index is 1260. The number of aliphatic imine (C=N–C) groups is 2. The van der Waals surface area contributed by atoms with E-state index in [9.17, 15) is 9.59 Å². The average molecular weight is 584 g/mol. The molecule has 230 valence electrons. The van der Waals surface area contributed by atoms with E-state index in [1.54, 1.807) is 13.3 Å². The lowest BCUT2D eigenvalue weighted by Crippen LogP contribution is -2.53. The standard InChI is InChI=1S/C30H45N7O5/c1-6-17-40-20-25(32-5)33-15-13-21-11-12-22-26(36-24(31)19-35-22)27(21)41-18-9-14-34-28(38)23-10-7-8-16-37(23)29(39)42-30(2,3)4/h11-12,15,19,23H,6-10,13-14,16-18,20H2,1-5H3,(H2,31,36)(H,34,38). The maximum atomic E-state index is 13.0. The summed E-state index contributed by atoms with van der Waals surface area (Å²) in [6, 6.07) is 3.26. The SMILES string of the molecule is CCCOCC(N=CCc1ccc2ncc(N)nc2c1OCCCNC(=O)C1CCCCN1C(=O)OC(C)(C)C)=NC. The third kappa shape index (κ3) is 9.93. The van der Waals surface area contributed by atoms with Crippen molar-refractivity contribution in [2.45, 2.75) is 77.9 Å². The fraction of sp³-hybridized carbons (Fsp3) is 0.600. The number of likely N-dealkylation sites (tertiary alicyclic amines) is 1. The quantitative estimate of drug-likeness (QED) is 0.216. The van der Waals surface area contributed by atoms with Gasteiger partial charge in [0.1, 0.15) is 35.4 Å². The van der Waals surface area contributed by atoms with Crippen LogP contribution in [-0.4, -0.2) is 90.5 Å². The van der Waals surface area contributed by atoms with Crippen molar-refractivity contribution in [3.05, 3.63) is 23.9 Å². The van der Waals surface area contributed by atoms with Gasteiger partial charge in [0, 0.05) is 44.9 Å². The summed E-state index contributed by atoms with van der Waals surface area (Å²) in [5, 5.41) is 2.96. The zero-order valence-corrected chi connectivity index (χ0v) is 25.5. The van der Waals surface area contributed by atoms with Crippen molar-refractivity contribution in [1.29, 1.82) is 0 Å². The largest absolute Gasteiger partial charge is 0.491 e. The van der Waals surface area contributed by atoms with Gasteiger partial charge in [-0.25, -0.2) is 14.8 Å². The summed E-state index contributed by atoms with van der Waals surface area (Å²) < 4.78 is 17.3. The van der Waals surface area contributed by atoms with Gasteiger partial charge in [0.15, 0.2) is 5.75 Å². The molecule has 2 amide bonds. The first kappa shape index (κ1) is 32.7. The van der Waals surface area contributed by atoms with Crippen molar-refractivity contribution >= 4 is 40.9 Å². The molecule has 0 aliphatic carbocycles. The number of fused-ring (bicyclic) bond motifs is 1. The number of anilines is 1. The van der Waals surface area contributed by atoms with Crippen molar-refractivity contribution in [3.8, 4) is 5.75 Å². The highest BCUT2D eigenvalue weighted by molar-refractivity contribution is 5.91. The molecule has 1 atom stereocenters. The first-order valence-electron chi connectivity index (χ1n) is 14.6. The number of ether oxygens (including phenoxy) is 3. The minimum Gasteiger partial charge on any atom is -0.491 e. The second-order valence-electron chi connectivity index (χ2n) is 11.1. The molecule has 0 spiro atoms. The number of hydrogen-bond donors (Lipinski definition) is 2. The monoisotopic (exact) mass is 583 g/mol. The Morgan fingerprint density at radius 3 is 2.79 bits per heavy atom. The molecule has 1 fully saturated rings. The van der Waals surface area contributed by atoms with Crippen molar-refractivity contribution in [2.24, 2.45) is 9.98 Å². The molecular weight excluding hydrogens is 538 g/mol. The van der Waals surface area contributed by atoms with Gasteiger partial charge in [0.25, 0.3) is 0 Å². The molecule has 2 aromatic rings. The van der Waals surface area contributed by atoms with Crippen LogP contribution in [0.1, 0.15) is 65.4 Å². The Morgan fingerprint density at radius 2 is 2.05 bits per heavy atom. The number of piperidine rings is 1. The number of nitrogens with two attached hydrogens (primary N) is 1. The summed E-state index contributed by atoms with van der Waals surface area (Å²) in [5.41, 5.74) is 7.41. The Balaban J connectivity index is 1.61. The van der Waals surface area contributed by atoms with Crippen molar-refractivity contribution < 1.29 is 23.8 Å². The number of aromatic nitrogens is 2. The van der Waals surface area contributed by atoms with Crippen molar-refractivity contribution in [3.63, 3.8) is 0 Å². The fourth-order valence-corrected chi connectivity index (χ4v) is 4.47. The number of rotatable bonds is 12. The van der Waals surface area contributed by atoms with Crippen LogP contribution in [-0.2, 0) is 20.7 Å². The predicted octanol–water partition coefficient (Wildman–Crippen LogP) is 3.95. The van der Waals surface area contributed by atoms with Gasteiger partial charge in [-0.05, 0) is 58.9 Å². The van der Waals surface area contributed by atoms with Gasteiger partial charge in [0.05, 0.1) is 18.3 Å². The molecule has 1 saturated heterocycles. The number of carbonyl (C=O) groups is 2. The van der Waals surface area contributed by atoms with E-state index in [1.807, 2.05) is 39.8 Å². The molecule has 1 aromatic heterocycles. The van der Waals surface area contributed by atoms with Crippen LogP contribution in [0.25, 0.3) is 11.0 Å². The van der Waals surface area contributed by atoms with E-state index in [-0.39, 0.29) is 5.91 Å². The number of nitrogens with one attached hydrogen (secondary N) is 1. The molecule has 3 rings (SSSR count). The van der Waals surface area contributed by atoms with Gasteiger partial charge in [-0.3, -0.25) is 19.7 Å². The molecule has 0 bridgehead atoms. The normalized spacial score (nSPS) is 16.2. The van der Waals surface area contributed by atoms with Gasteiger partial charge < -0.3 is 25.3 Å². The van der Waals surface area contributed by atoms with E-state index in [0.717, 1.165) is 24.8 Å². The Kier molecular flexibility index (Phi) is 12.5. The van der Waals surface area contributed by atoms with Crippen LogP contribution in [0.4, 0.5) is 10.6 Å². The van der Waals surface area contributed by atoms with E-state index in [4.69, 9.17) is 19.9 Å². The first-order valence-corrected chi connectivity index (χ1v) is 14.6. The van der Waals surface area contributed by atoms with Crippen molar-refractivity contribution in [2.75, 3.05) is 45.7 Å². The molecule has 42 heavy (non-hydrogen) atoms. The molecule has 1 aliphatic rings. The molecule has 3 N–H and O–H groups in total. The fourth-order valence-electron chi connectivity index (χ4n) is 4.47. The minimum atomic E-state index is -0.622. The summed E-state index contributed by atoms with van der Waals surface area (Å²) >= 11 is 0. The number of benzene rings is 1. The molecule has 0 saturated carbocycles. The number of carbonyl (C=O) groups excluding carboxylic acids is 2. The van der Waals surface area contributed by atoms with Gasteiger partial charge in [-0.15, -0.1) is 0 Å². The second kappa shape index (κ2) is 16.0. The highest BCUT2D eigenvalue weighted by Crippen LogP contribution is 2.28. The summed E-state index contributed by atoms with van der Waals surface area (Å²) in [7, 11) is 1.69. The maximum Gasteiger partial charge on any atom is 0.410 e. The second-order valence-corrected chi connectivity index (χ2v) is 11.1. The molecule has 1 aromatic carbocycles. The van der Waals surface area contributed by atoms with Crippen LogP contribution in [0.3, 0.4) is 0 Å². The number of hydrogen-bond acceptors (Lipinski definition) is 9. The molecule has 12 heteroatoms. The third-order valence-corrected chi connectivity index (χ3v) is 6.46. The maximum absolute atomic E-state index is 13.0. The van der Waals surface area contributed by atoms with Gasteiger partial charge in [-0.2, -0.15) is 0 Å². The lowest BCUT2D eigenvalue weighted by molar-refractivity contribution is -0.127. The summed E-state index contributed by atoms with van der Waals surface area (Å²) in [6.07, 6.45) is 7.12. The van der Waals surface area contributed by atoms with E-state index >= 15 is 0 Å². The Labute approximate surface area is 248 Å². The number of nitrogen functional groups attached to an aromatic ring is 1. The Morgan fingerprint density at radius 1 is 1.24 bits per heavy atom. The van der Waals surface area contributed by atoms with Gasteiger partial charge in [-0.1, -0.05) is 13.0 Å². The summed E-state index contributed by atoms with van der Waals surface area (Å²) in [5.74, 6) is 1.29. The summed E-state index contributed by atoms with van der Waals surface area (Å²) in [4.78, 5) is 44.7. The molecule has 1 aliphatic heterocycles.